The van der Waals surface area contributed by atoms with Gasteiger partial charge in [-0.2, -0.15) is 4.31 Å². The Morgan fingerprint density at radius 2 is 1.63 bits per heavy atom. The van der Waals surface area contributed by atoms with E-state index < -0.39 is 19.9 Å². The normalized spacial score (nSPS) is 16.1. The fraction of sp³-hybridized carbons (Fsp3) is 0.385. The van der Waals surface area contributed by atoms with Crippen molar-refractivity contribution in [1.82, 2.24) is 9.21 Å². The highest BCUT2D eigenvalue weighted by Gasteiger charge is 2.35. The Morgan fingerprint density at radius 1 is 0.914 bits per heavy atom. The molecule has 35 heavy (non-hydrogen) atoms. The van der Waals surface area contributed by atoms with Crippen LogP contribution in [0.1, 0.15) is 30.6 Å². The highest BCUT2D eigenvalue weighted by Crippen LogP contribution is 2.28. The van der Waals surface area contributed by atoms with Crippen molar-refractivity contribution in [3.63, 3.8) is 0 Å². The maximum Gasteiger partial charge on any atom is 0.243 e. The number of hydrogen-bond donors (Lipinski definition) is 0. The Hall–Kier alpha value is -2.46. The molecule has 3 aromatic rings. The molecule has 1 aromatic heterocycles. The third-order valence-corrected chi connectivity index (χ3v) is 9.48. The summed E-state index contributed by atoms with van der Waals surface area (Å²) in [5, 5.41) is 0. The summed E-state index contributed by atoms with van der Waals surface area (Å²) in [6.45, 7) is 2.71. The second kappa shape index (κ2) is 11.1. The first-order valence-electron chi connectivity index (χ1n) is 11.8. The molecule has 0 unspecified atom stereocenters. The molecule has 0 amide bonds. The minimum atomic E-state index is -3.94. The molecule has 4 rings (SSSR count). The summed E-state index contributed by atoms with van der Waals surface area (Å²) in [5.41, 5.74) is 1.33. The molecule has 0 spiro atoms. The molecule has 1 fully saturated rings. The number of piperidine rings is 1. The zero-order valence-electron chi connectivity index (χ0n) is 19.9. The van der Waals surface area contributed by atoms with Gasteiger partial charge in [-0.1, -0.05) is 36.4 Å². The summed E-state index contributed by atoms with van der Waals surface area (Å²) in [5.74, 6) is 0.554. The molecule has 0 saturated carbocycles. The third kappa shape index (κ3) is 6.61. The van der Waals surface area contributed by atoms with E-state index in [9.17, 15) is 16.8 Å². The predicted molar refractivity (Wildman–Crippen MR) is 135 cm³/mol. The Morgan fingerprint density at radius 3 is 2.29 bits per heavy atom. The number of nitrogens with zero attached hydrogens (tertiary/aromatic N) is 2. The summed E-state index contributed by atoms with van der Waals surface area (Å²) >= 11 is 0. The number of sulfonamides is 1. The smallest absolute Gasteiger partial charge is 0.243 e. The van der Waals surface area contributed by atoms with Gasteiger partial charge in [0.05, 0.1) is 22.6 Å². The molecular weight excluding hydrogens is 484 g/mol. The molecule has 2 heterocycles. The lowest BCUT2D eigenvalue weighted by Crippen LogP contribution is -2.47. The average molecular weight is 517 g/mol. The van der Waals surface area contributed by atoms with Crippen molar-refractivity contribution >= 4 is 19.9 Å². The Kier molecular flexibility index (Phi) is 8.11. The van der Waals surface area contributed by atoms with E-state index in [0.717, 1.165) is 38.7 Å². The lowest BCUT2D eigenvalue weighted by atomic mass is 10.0. The van der Waals surface area contributed by atoms with Gasteiger partial charge in [-0.15, -0.1) is 0 Å². The average Bonchev–Trinajstić information content (AvgIpc) is 3.37. The molecule has 2 aromatic carbocycles. The molecule has 0 radical (unpaired) electrons. The molecule has 1 aliphatic heterocycles. The van der Waals surface area contributed by atoms with Crippen LogP contribution in [0.25, 0.3) is 0 Å². The van der Waals surface area contributed by atoms with Gasteiger partial charge in [0.15, 0.2) is 9.84 Å². The summed E-state index contributed by atoms with van der Waals surface area (Å²) in [6.07, 6.45) is 6.10. The lowest BCUT2D eigenvalue weighted by molar-refractivity contribution is 0.151. The predicted octanol–water partition coefficient (Wildman–Crippen LogP) is 3.97. The van der Waals surface area contributed by atoms with Gasteiger partial charge < -0.3 is 9.32 Å². The Bertz CT molecular complexity index is 1300. The second-order valence-electron chi connectivity index (χ2n) is 9.04. The SMILES string of the molecule is CS(=O)(=O)c1cccc(S(=O)(=O)N(Cc2ccco2)C2CCN(CCCc3ccccc3)CC2)c1. The van der Waals surface area contributed by atoms with Crippen molar-refractivity contribution in [1.29, 1.82) is 0 Å². The summed E-state index contributed by atoms with van der Waals surface area (Å²) in [4.78, 5) is 2.36. The largest absolute Gasteiger partial charge is 0.468 e. The van der Waals surface area contributed by atoms with E-state index in [-0.39, 0.29) is 22.4 Å². The van der Waals surface area contributed by atoms with E-state index in [4.69, 9.17) is 4.42 Å². The van der Waals surface area contributed by atoms with Gasteiger partial charge in [0, 0.05) is 12.3 Å². The van der Waals surface area contributed by atoms with Crippen LogP contribution in [0.4, 0.5) is 0 Å². The minimum absolute atomic E-state index is 0.00948. The van der Waals surface area contributed by atoms with Crippen LogP contribution < -0.4 is 0 Å². The van der Waals surface area contributed by atoms with E-state index in [2.05, 4.69) is 29.2 Å². The van der Waals surface area contributed by atoms with Crippen LogP contribution in [0.5, 0.6) is 0 Å². The molecular formula is C26H32N2O5S2. The molecule has 0 N–H and O–H groups in total. The summed E-state index contributed by atoms with van der Waals surface area (Å²) in [7, 11) is -7.47. The number of rotatable bonds is 10. The molecule has 0 aliphatic carbocycles. The van der Waals surface area contributed by atoms with Crippen LogP contribution in [0.3, 0.4) is 0 Å². The van der Waals surface area contributed by atoms with E-state index in [1.54, 1.807) is 12.1 Å². The van der Waals surface area contributed by atoms with Gasteiger partial charge in [-0.25, -0.2) is 16.8 Å². The molecule has 9 heteroatoms. The number of hydrogen-bond acceptors (Lipinski definition) is 6. The van der Waals surface area contributed by atoms with Crippen LogP contribution in [-0.2, 0) is 32.8 Å². The van der Waals surface area contributed by atoms with Gasteiger partial charge in [0.1, 0.15) is 5.76 Å². The first-order chi connectivity index (χ1) is 16.7. The Balaban J connectivity index is 1.47. The molecule has 7 nitrogen and oxygen atoms in total. The quantitative estimate of drug-likeness (QED) is 0.405. The van der Waals surface area contributed by atoms with Crippen molar-refractivity contribution in [2.24, 2.45) is 0 Å². The standard InChI is InChI=1S/C26H32N2O5S2/c1-34(29,30)25-12-5-13-26(20-25)35(31,32)28(21-24-11-7-19-33-24)23-14-17-27(18-15-23)16-6-10-22-8-3-2-4-9-22/h2-5,7-9,11-13,19-20,23H,6,10,14-18,21H2,1H3. The molecule has 0 bridgehead atoms. The van der Waals surface area contributed by atoms with Crippen LogP contribution in [0.2, 0.25) is 0 Å². The second-order valence-corrected chi connectivity index (χ2v) is 12.9. The van der Waals surface area contributed by atoms with Gasteiger partial charge >= 0.3 is 0 Å². The van der Waals surface area contributed by atoms with Gasteiger partial charge in [0.2, 0.25) is 10.0 Å². The van der Waals surface area contributed by atoms with Gasteiger partial charge in [-0.05, 0) is 81.2 Å². The van der Waals surface area contributed by atoms with Gasteiger partial charge in [-0.3, -0.25) is 0 Å². The highest BCUT2D eigenvalue weighted by molar-refractivity contribution is 7.91. The fourth-order valence-corrected chi connectivity index (χ4v) is 6.99. The molecule has 188 valence electrons. The maximum absolute atomic E-state index is 13.7. The monoisotopic (exact) mass is 516 g/mol. The van der Waals surface area contributed by atoms with E-state index >= 15 is 0 Å². The topological polar surface area (TPSA) is 87.9 Å². The van der Waals surface area contributed by atoms with Crippen LogP contribution in [0, 0.1) is 0 Å². The van der Waals surface area contributed by atoms with Crippen molar-refractivity contribution in [3.8, 4) is 0 Å². The Labute approximate surface area is 208 Å². The zero-order valence-corrected chi connectivity index (χ0v) is 21.5. The first kappa shape index (κ1) is 25.6. The lowest BCUT2D eigenvalue weighted by Gasteiger charge is -2.37. The minimum Gasteiger partial charge on any atom is -0.468 e. The van der Waals surface area contributed by atoms with E-state index in [0.29, 0.717) is 18.6 Å². The number of benzene rings is 2. The third-order valence-electron chi connectivity index (χ3n) is 6.48. The first-order valence-corrected chi connectivity index (χ1v) is 15.2. The van der Waals surface area contributed by atoms with Crippen LogP contribution in [-0.4, -0.2) is 58.0 Å². The number of aryl methyl sites for hydroxylation is 1. The van der Waals surface area contributed by atoms with Crippen molar-refractivity contribution < 1.29 is 21.3 Å². The fourth-order valence-electron chi connectivity index (χ4n) is 4.55. The number of furan rings is 1. The van der Waals surface area contributed by atoms with E-state index in [1.807, 2.05) is 6.07 Å². The zero-order chi connectivity index (χ0) is 24.9. The summed E-state index contributed by atoms with van der Waals surface area (Å²) < 4.78 is 58.4. The number of likely N-dealkylation sites (tertiary alicyclic amines) is 1. The molecule has 1 aliphatic rings. The van der Waals surface area contributed by atoms with Crippen molar-refractivity contribution in [2.75, 3.05) is 25.9 Å². The maximum atomic E-state index is 13.7. The van der Waals surface area contributed by atoms with Crippen LogP contribution in [0.15, 0.2) is 87.2 Å². The summed E-state index contributed by atoms with van der Waals surface area (Å²) in [6, 6.07) is 19.3. The van der Waals surface area contributed by atoms with E-state index in [1.165, 1.54) is 40.4 Å². The van der Waals surface area contributed by atoms with Crippen molar-refractivity contribution in [3.05, 3.63) is 84.3 Å². The highest BCUT2D eigenvalue weighted by atomic mass is 32.2. The van der Waals surface area contributed by atoms with Gasteiger partial charge in [0.25, 0.3) is 0 Å². The van der Waals surface area contributed by atoms with Crippen LogP contribution >= 0.6 is 0 Å². The molecule has 0 atom stereocenters. The van der Waals surface area contributed by atoms with Crippen molar-refractivity contribution in [2.45, 2.75) is 48.1 Å². The number of sulfone groups is 1. The molecule has 1 saturated heterocycles.